The summed E-state index contributed by atoms with van der Waals surface area (Å²) in [5.41, 5.74) is 4.59. The van der Waals surface area contributed by atoms with E-state index in [4.69, 9.17) is 4.98 Å². The van der Waals surface area contributed by atoms with Crippen molar-refractivity contribution < 1.29 is 9.90 Å². The Balaban J connectivity index is 1.44. The second-order valence-corrected chi connectivity index (χ2v) is 9.68. The Morgan fingerprint density at radius 3 is 2.42 bits per heavy atom. The first kappa shape index (κ1) is 23.4. The molecule has 7 heteroatoms. The van der Waals surface area contributed by atoms with Crippen molar-refractivity contribution in [1.82, 2.24) is 25.0 Å². The zero-order chi connectivity index (χ0) is 23.5. The minimum atomic E-state index is -0.148. The fraction of sp³-hybridized carbons (Fsp3) is 0.500. The van der Waals surface area contributed by atoms with Gasteiger partial charge in [0.15, 0.2) is 5.65 Å². The predicted octanol–water partition coefficient (Wildman–Crippen LogP) is 4.02. The van der Waals surface area contributed by atoms with Crippen LogP contribution < -0.4 is 5.32 Å². The second-order valence-electron chi connectivity index (χ2n) is 9.68. The number of amides is 1. The van der Waals surface area contributed by atoms with E-state index in [1.165, 1.54) is 5.56 Å². The number of carbonyl (C=O) groups excluding carboxylic acids is 1. The lowest BCUT2D eigenvalue weighted by atomic mass is 10.0. The molecule has 0 unspecified atom stereocenters. The number of benzene rings is 1. The third-order valence-corrected chi connectivity index (χ3v) is 6.35. The molecule has 3 aromatic rings. The minimum absolute atomic E-state index is 0.108. The molecule has 0 radical (unpaired) electrons. The van der Waals surface area contributed by atoms with Crippen molar-refractivity contribution in [2.24, 2.45) is 0 Å². The van der Waals surface area contributed by atoms with Gasteiger partial charge in [-0.25, -0.2) is 9.67 Å². The molecule has 1 amide bonds. The number of aliphatic hydroxyl groups excluding tert-OH is 1. The van der Waals surface area contributed by atoms with Crippen LogP contribution in [0.15, 0.2) is 36.5 Å². The van der Waals surface area contributed by atoms with Crippen LogP contribution in [-0.2, 0) is 13.1 Å². The Kier molecular flexibility index (Phi) is 7.10. The van der Waals surface area contributed by atoms with E-state index in [1.54, 1.807) is 6.20 Å². The maximum atomic E-state index is 13.1. The number of carbonyl (C=O) groups is 1. The minimum Gasteiger partial charge on any atom is -0.393 e. The molecular formula is C26H35N5O2. The predicted molar refractivity (Wildman–Crippen MR) is 130 cm³/mol. The summed E-state index contributed by atoms with van der Waals surface area (Å²) in [7, 11) is 0. The number of hydrogen-bond donors (Lipinski definition) is 2. The summed E-state index contributed by atoms with van der Waals surface area (Å²) in [6.45, 7) is 11.5. The molecule has 1 fully saturated rings. The first-order chi connectivity index (χ1) is 15.8. The summed E-state index contributed by atoms with van der Waals surface area (Å²) in [5.74, 6) is 0.107. The van der Waals surface area contributed by atoms with Crippen molar-refractivity contribution >= 4 is 16.9 Å². The molecule has 1 aliphatic heterocycles. The van der Waals surface area contributed by atoms with Gasteiger partial charge in [-0.15, -0.1) is 0 Å². The molecule has 7 nitrogen and oxygen atoms in total. The summed E-state index contributed by atoms with van der Waals surface area (Å²) < 4.78 is 1.87. The Morgan fingerprint density at radius 2 is 1.79 bits per heavy atom. The Labute approximate surface area is 195 Å². The van der Waals surface area contributed by atoms with Crippen LogP contribution in [0.4, 0.5) is 0 Å². The monoisotopic (exact) mass is 449 g/mol. The number of aromatic nitrogens is 3. The van der Waals surface area contributed by atoms with Gasteiger partial charge >= 0.3 is 0 Å². The normalized spacial score (nSPS) is 15.6. The number of piperidine rings is 1. The smallest absolute Gasteiger partial charge is 0.252 e. The molecule has 1 aromatic carbocycles. The van der Waals surface area contributed by atoms with Crippen LogP contribution in [0, 0.1) is 0 Å². The molecule has 3 heterocycles. The number of likely N-dealkylation sites (tertiary alicyclic amines) is 1. The van der Waals surface area contributed by atoms with Gasteiger partial charge in [0.2, 0.25) is 0 Å². The van der Waals surface area contributed by atoms with Gasteiger partial charge in [0.05, 0.1) is 23.3 Å². The van der Waals surface area contributed by atoms with Crippen molar-refractivity contribution in [2.75, 3.05) is 13.1 Å². The average molecular weight is 450 g/mol. The van der Waals surface area contributed by atoms with Crippen molar-refractivity contribution in [2.45, 2.75) is 71.7 Å². The van der Waals surface area contributed by atoms with Crippen LogP contribution in [0.5, 0.6) is 0 Å². The summed E-state index contributed by atoms with van der Waals surface area (Å²) in [6.07, 6.45) is 3.29. The fourth-order valence-electron chi connectivity index (χ4n) is 4.27. The maximum absolute atomic E-state index is 13.1. The number of hydrogen-bond acceptors (Lipinski definition) is 5. The van der Waals surface area contributed by atoms with Gasteiger partial charge in [-0.2, -0.15) is 5.10 Å². The van der Waals surface area contributed by atoms with E-state index in [0.717, 1.165) is 54.8 Å². The first-order valence-electron chi connectivity index (χ1n) is 12.0. The highest BCUT2D eigenvalue weighted by atomic mass is 16.3. The van der Waals surface area contributed by atoms with E-state index in [2.05, 4.69) is 67.3 Å². The highest BCUT2D eigenvalue weighted by Gasteiger charge is 2.19. The standard InChI is InChI=1S/C26H35N5O2/c1-17(2)24-13-22(23-15-28-31(18(3)4)25(23)29-24)26(33)27-14-19-5-7-20(8-6-19)16-30-11-9-21(32)10-12-30/h5-8,13,15,17-18,21,32H,9-12,14,16H2,1-4H3,(H,27,33). The van der Waals surface area contributed by atoms with Gasteiger partial charge in [0.1, 0.15) is 0 Å². The first-order valence-corrected chi connectivity index (χ1v) is 12.0. The number of fused-ring (bicyclic) bond motifs is 1. The number of nitrogens with one attached hydrogen (secondary N) is 1. The maximum Gasteiger partial charge on any atom is 0.252 e. The highest BCUT2D eigenvalue weighted by Crippen LogP contribution is 2.24. The SMILES string of the molecule is CC(C)c1cc(C(=O)NCc2ccc(CN3CCC(O)CC3)cc2)c2cnn(C(C)C)c2n1. The lowest BCUT2D eigenvalue weighted by Crippen LogP contribution is -2.35. The van der Waals surface area contributed by atoms with E-state index in [9.17, 15) is 9.90 Å². The van der Waals surface area contributed by atoms with E-state index < -0.39 is 0 Å². The largest absolute Gasteiger partial charge is 0.393 e. The molecule has 0 aliphatic carbocycles. The van der Waals surface area contributed by atoms with Gasteiger partial charge in [0, 0.05) is 37.9 Å². The van der Waals surface area contributed by atoms with E-state index >= 15 is 0 Å². The lowest BCUT2D eigenvalue weighted by Gasteiger charge is -2.29. The van der Waals surface area contributed by atoms with Crippen molar-refractivity contribution in [3.8, 4) is 0 Å². The van der Waals surface area contributed by atoms with Crippen LogP contribution >= 0.6 is 0 Å². The molecule has 0 saturated carbocycles. The second kappa shape index (κ2) is 10.0. The topological polar surface area (TPSA) is 83.3 Å². The van der Waals surface area contributed by atoms with Gasteiger partial charge in [-0.05, 0) is 49.8 Å². The molecule has 1 aliphatic rings. The van der Waals surface area contributed by atoms with Gasteiger partial charge in [-0.1, -0.05) is 38.1 Å². The third kappa shape index (κ3) is 5.42. The molecule has 176 valence electrons. The van der Waals surface area contributed by atoms with Crippen molar-refractivity contribution in [1.29, 1.82) is 0 Å². The molecule has 33 heavy (non-hydrogen) atoms. The number of nitrogens with zero attached hydrogens (tertiary/aromatic N) is 4. The number of pyridine rings is 1. The van der Waals surface area contributed by atoms with Crippen molar-refractivity contribution in [3.05, 3.63) is 58.9 Å². The van der Waals surface area contributed by atoms with Crippen molar-refractivity contribution in [3.63, 3.8) is 0 Å². The summed E-state index contributed by atoms with van der Waals surface area (Å²) in [4.78, 5) is 20.3. The molecule has 1 saturated heterocycles. The Hall–Kier alpha value is -2.77. The van der Waals surface area contributed by atoms with Gasteiger partial charge in [-0.3, -0.25) is 9.69 Å². The summed E-state index contributed by atoms with van der Waals surface area (Å²) >= 11 is 0. The van der Waals surface area contributed by atoms with Gasteiger partial charge in [0.25, 0.3) is 5.91 Å². The van der Waals surface area contributed by atoms with Crippen LogP contribution in [-0.4, -0.2) is 49.9 Å². The van der Waals surface area contributed by atoms with E-state index in [0.29, 0.717) is 12.1 Å². The van der Waals surface area contributed by atoms with Gasteiger partial charge < -0.3 is 10.4 Å². The van der Waals surface area contributed by atoms with Crippen LogP contribution in [0.25, 0.3) is 11.0 Å². The summed E-state index contributed by atoms with van der Waals surface area (Å²) in [5, 5.41) is 18.0. The lowest BCUT2D eigenvalue weighted by molar-refractivity contribution is 0.0792. The van der Waals surface area contributed by atoms with Crippen LogP contribution in [0.2, 0.25) is 0 Å². The van der Waals surface area contributed by atoms with E-state index in [-0.39, 0.29) is 24.0 Å². The molecule has 0 atom stereocenters. The number of rotatable bonds is 7. The van der Waals surface area contributed by atoms with E-state index in [1.807, 2.05) is 10.7 Å². The highest BCUT2D eigenvalue weighted by molar-refractivity contribution is 6.05. The fourth-order valence-corrected chi connectivity index (χ4v) is 4.27. The molecule has 2 N–H and O–H groups in total. The molecular weight excluding hydrogens is 414 g/mol. The molecule has 0 spiro atoms. The Morgan fingerprint density at radius 1 is 1.12 bits per heavy atom. The zero-order valence-corrected chi connectivity index (χ0v) is 20.1. The molecule has 0 bridgehead atoms. The quantitative estimate of drug-likeness (QED) is 0.569. The van der Waals surface area contributed by atoms with Crippen LogP contribution in [0.1, 0.15) is 79.7 Å². The summed E-state index contributed by atoms with van der Waals surface area (Å²) in [6, 6.07) is 10.5. The average Bonchev–Trinajstić information content (AvgIpc) is 3.23. The zero-order valence-electron chi connectivity index (χ0n) is 20.1. The Bertz CT molecular complexity index is 1100. The molecule has 2 aromatic heterocycles. The molecule has 4 rings (SSSR count). The third-order valence-electron chi connectivity index (χ3n) is 6.35. The number of aliphatic hydroxyl groups is 1. The van der Waals surface area contributed by atoms with Crippen LogP contribution in [0.3, 0.4) is 0 Å².